The molecular formula is C25H20F4N6O3. The fourth-order valence-electron chi connectivity index (χ4n) is 4.93. The van der Waals surface area contributed by atoms with Gasteiger partial charge >= 0.3 is 6.18 Å². The lowest BCUT2D eigenvalue weighted by molar-refractivity contribution is -0.153. The number of carbonyl (C=O) groups is 2. The number of hydrogen-bond acceptors (Lipinski definition) is 6. The van der Waals surface area contributed by atoms with Gasteiger partial charge in [-0.15, -0.1) is 0 Å². The van der Waals surface area contributed by atoms with E-state index >= 15 is 0 Å². The van der Waals surface area contributed by atoms with Crippen molar-refractivity contribution < 1.29 is 31.9 Å². The molecule has 1 aromatic carbocycles. The van der Waals surface area contributed by atoms with Gasteiger partial charge < -0.3 is 15.4 Å². The average Bonchev–Trinajstić information content (AvgIpc) is 3.44. The predicted molar refractivity (Wildman–Crippen MR) is 124 cm³/mol. The molecule has 0 saturated heterocycles. The van der Waals surface area contributed by atoms with Crippen molar-refractivity contribution in [3.63, 3.8) is 0 Å². The normalized spacial score (nSPS) is 17.9. The number of hydrogen-bond donors (Lipinski definition) is 2. The van der Waals surface area contributed by atoms with E-state index in [4.69, 9.17) is 10.00 Å². The largest absolute Gasteiger partial charge is 0.484 e. The smallest absolute Gasteiger partial charge is 0.422 e. The van der Waals surface area contributed by atoms with Gasteiger partial charge in [-0.3, -0.25) is 9.59 Å². The molecule has 0 bridgehead atoms. The molecule has 2 aliphatic rings. The van der Waals surface area contributed by atoms with E-state index in [0.717, 1.165) is 11.1 Å². The Morgan fingerprint density at radius 3 is 2.79 bits per heavy atom. The summed E-state index contributed by atoms with van der Waals surface area (Å²) in [7, 11) is 0. The third-order valence-electron chi connectivity index (χ3n) is 6.51. The van der Waals surface area contributed by atoms with Gasteiger partial charge in [0.25, 0.3) is 11.8 Å². The van der Waals surface area contributed by atoms with Crippen LogP contribution in [0, 0.1) is 11.3 Å². The van der Waals surface area contributed by atoms with Crippen LogP contribution in [-0.2, 0) is 18.4 Å². The first kappa shape index (κ1) is 25.2. The minimum Gasteiger partial charge on any atom is -0.484 e. The molecule has 13 heteroatoms. The molecule has 0 saturated carbocycles. The van der Waals surface area contributed by atoms with Gasteiger partial charge in [-0.1, -0.05) is 6.07 Å². The predicted octanol–water partition coefficient (Wildman–Crippen LogP) is 2.91. The van der Waals surface area contributed by atoms with Crippen LogP contribution < -0.4 is 15.4 Å². The Bertz CT molecular complexity index is 1460. The molecule has 2 amide bonds. The first-order chi connectivity index (χ1) is 18.1. The highest BCUT2D eigenvalue weighted by Crippen LogP contribution is 2.44. The molecule has 3 heterocycles. The van der Waals surface area contributed by atoms with Crippen LogP contribution in [0.15, 0.2) is 36.5 Å². The van der Waals surface area contributed by atoms with Crippen molar-refractivity contribution in [2.24, 2.45) is 0 Å². The Kier molecular flexibility index (Phi) is 6.26. The number of amides is 2. The lowest BCUT2D eigenvalue weighted by Crippen LogP contribution is -2.50. The first-order valence-corrected chi connectivity index (χ1v) is 11.6. The number of nitrogens with zero attached hydrogens (tertiary/aromatic N) is 4. The first-order valence-electron chi connectivity index (χ1n) is 11.6. The summed E-state index contributed by atoms with van der Waals surface area (Å²) in [5.74, 6) is -1.03. The summed E-state index contributed by atoms with van der Waals surface area (Å²) < 4.78 is 56.5. The number of aromatic nitrogens is 3. The van der Waals surface area contributed by atoms with Gasteiger partial charge in [-0.05, 0) is 48.2 Å². The number of alkyl halides is 4. The second-order valence-corrected chi connectivity index (χ2v) is 8.98. The number of aryl methyl sites for hydroxylation is 1. The monoisotopic (exact) mass is 528 g/mol. The minimum absolute atomic E-state index is 0.0247. The zero-order valence-corrected chi connectivity index (χ0v) is 19.7. The summed E-state index contributed by atoms with van der Waals surface area (Å²) in [6.45, 7) is -2.49. The average molecular weight is 528 g/mol. The number of ether oxygens (including phenoxy) is 1. The molecule has 1 spiro atoms. The third kappa shape index (κ3) is 4.53. The van der Waals surface area contributed by atoms with Crippen LogP contribution in [0.5, 0.6) is 5.75 Å². The van der Waals surface area contributed by atoms with Crippen molar-refractivity contribution in [1.82, 2.24) is 25.4 Å². The second kappa shape index (κ2) is 9.44. The van der Waals surface area contributed by atoms with Crippen LogP contribution in [0.1, 0.15) is 49.7 Å². The quantitative estimate of drug-likeness (QED) is 0.475. The summed E-state index contributed by atoms with van der Waals surface area (Å²) in [6, 6.07) is 9.50. The van der Waals surface area contributed by atoms with Gasteiger partial charge in [-0.25, -0.2) is 14.1 Å². The molecule has 38 heavy (non-hydrogen) atoms. The maximum atomic E-state index is 13.4. The Morgan fingerprint density at radius 1 is 1.29 bits per heavy atom. The van der Waals surface area contributed by atoms with Crippen LogP contribution in [0.25, 0.3) is 5.82 Å². The van der Waals surface area contributed by atoms with E-state index in [1.54, 1.807) is 6.07 Å². The number of carbonyl (C=O) groups excluding carboxylic acids is 2. The van der Waals surface area contributed by atoms with Gasteiger partial charge in [0.1, 0.15) is 24.2 Å². The van der Waals surface area contributed by atoms with E-state index in [-0.39, 0.29) is 41.4 Å². The van der Waals surface area contributed by atoms with E-state index < -0.39 is 36.8 Å². The van der Waals surface area contributed by atoms with Crippen molar-refractivity contribution in [3.05, 3.63) is 70.2 Å². The maximum Gasteiger partial charge on any atom is 0.422 e. The van der Waals surface area contributed by atoms with Crippen LogP contribution in [-0.4, -0.2) is 52.6 Å². The van der Waals surface area contributed by atoms with Gasteiger partial charge in [0, 0.05) is 19.2 Å². The number of nitriles is 1. The van der Waals surface area contributed by atoms with Gasteiger partial charge in [-0.2, -0.15) is 23.5 Å². The van der Waals surface area contributed by atoms with Crippen LogP contribution >= 0.6 is 0 Å². The highest BCUT2D eigenvalue weighted by molar-refractivity contribution is 6.08. The Hall–Kier alpha value is -4.47. The Labute approximate surface area is 213 Å². The molecule has 0 radical (unpaired) electrons. The SMILES string of the molecule is N#Cc1ccc(-n2nc3c(c2C(=O)NCCF)C(=O)N[C@@]2(CCc4cc(OCC(F)(F)F)ccc42)C3)nc1. The van der Waals surface area contributed by atoms with Crippen LogP contribution in [0.4, 0.5) is 17.6 Å². The molecule has 1 aliphatic heterocycles. The minimum atomic E-state index is -4.47. The Morgan fingerprint density at radius 2 is 2.11 bits per heavy atom. The van der Waals surface area contributed by atoms with Crippen molar-refractivity contribution >= 4 is 11.8 Å². The highest BCUT2D eigenvalue weighted by Gasteiger charge is 2.47. The number of nitrogens with one attached hydrogen (secondary N) is 2. The summed E-state index contributed by atoms with van der Waals surface area (Å²) in [5, 5.41) is 19.0. The van der Waals surface area contributed by atoms with Crippen molar-refractivity contribution in [2.75, 3.05) is 19.8 Å². The van der Waals surface area contributed by atoms with E-state index in [2.05, 4.69) is 20.7 Å². The molecule has 0 fully saturated rings. The standard InChI is InChI=1S/C25H20F4N6O3/c26-7-8-31-23(37)21-20-18(34-35(21)19-4-1-14(11-30)12-32-19)10-24(33-22(20)36)6-5-15-9-16(2-3-17(15)24)38-13-25(27,28)29/h1-4,9,12H,5-8,10,13H2,(H,31,37)(H,33,36)/t24-/m0/s1. The second-order valence-electron chi connectivity index (χ2n) is 8.98. The Balaban J connectivity index is 1.53. The molecule has 5 rings (SSSR count). The van der Waals surface area contributed by atoms with Crippen LogP contribution in [0.2, 0.25) is 0 Å². The maximum absolute atomic E-state index is 13.4. The summed E-state index contributed by atoms with van der Waals surface area (Å²) in [4.78, 5) is 30.6. The van der Waals surface area contributed by atoms with Crippen molar-refractivity contribution in [1.29, 1.82) is 5.26 Å². The highest BCUT2D eigenvalue weighted by atomic mass is 19.4. The zero-order chi connectivity index (χ0) is 27.1. The summed E-state index contributed by atoms with van der Waals surface area (Å²) in [6.07, 6.45) is -2.02. The molecule has 9 nitrogen and oxygen atoms in total. The number of benzene rings is 1. The number of pyridine rings is 1. The van der Waals surface area contributed by atoms with E-state index in [1.165, 1.54) is 35.1 Å². The van der Waals surface area contributed by atoms with E-state index in [9.17, 15) is 27.2 Å². The number of halogens is 4. The molecule has 1 atom stereocenters. The lowest BCUT2D eigenvalue weighted by Gasteiger charge is -2.35. The molecular weight excluding hydrogens is 508 g/mol. The summed E-state index contributed by atoms with van der Waals surface area (Å²) >= 11 is 0. The molecule has 2 N–H and O–H groups in total. The zero-order valence-electron chi connectivity index (χ0n) is 19.7. The number of rotatable bonds is 6. The molecule has 196 valence electrons. The molecule has 1 aliphatic carbocycles. The number of fused-ring (bicyclic) bond motifs is 3. The molecule has 0 unspecified atom stereocenters. The third-order valence-corrected chi connectivity index (χ3v) is 6.51. The van der Waals surface area contributed by atoms with E-state index in [1.807, 2.05) is 6.07 Å². The fraction of sp³-hybridized carbons (Fsp3) is 0.320. The topological polar surface area (TPSA) is 122 Å². The van der Waals surface area contributed by atoms with Crippen molar-refractivity contribution in [2.45, 2.75) is 31.0 Å². The lowest BCUT2D eigenvalue weighted by atomic mass is 9.82. The fourth-order valence-corrected chi connectivity index (χ4v) is 4.93. The molecule has 3 aromatic rings. The van der Waals surface area contributed by atoms with Crippen molar-refractivity contribution in [3.8, 4) is 17.6 Å². The van der Waals surface area contributed by atoms with Gasteiger partial charge in [0.05, 0.1) is 22.4 Å². The summed E-state index contributed by atoms with van der Waals surface area (Å²) in [5.41, 5.74) is 1.09. The van der Waals surface area contributed by atoms with Gasteiger partial charge in [0.2, 0.25) is 0 Å². The van der Waals surface area contributed by atoms with Crippen LogP contribution in [0.3, 0.4) is 0 Å². The molecule has 2 aromatic heterocycles. The van der Waals surface area contributed by atoms with Gasteiger partial charge in [0.15, 0.2) is 12.4 Å². The van der Waals surface area contributed by atoms with E-state index in [0.29, 0.717) is 18.5 Å².